The SMILES string of the molecule is O=S(=O)(O)S.O=[Si]=O. The van der Waals surface area contributed by atoms with E-state index in [0.717, 1.165) is 0 Å². The first-order valence-corrected chi connectivity index (χ1v) is 4.42. The van der Waals surface area contributed by atoms with Gasteiger partial charge in [0.15, 0.2) is 0 Å². The normalized spacial score (nSPS) is 8.25. The third-order valence-corrected chi connectivity index (χ3v) is 0. The van der Waals surface area contributed by atoms with Gasteiger partial charge in [0.1, 0.15) is 0 Å². The molecule has 0 heterocycles. The highest BCUT2D eigenvalue weighted by Gasteiger charge is 1.83. The molecule has 0 atom stereocenters. The van der Waals surface area contributed by atoms with Crippen molar-refractivity contribution in [3.8, 4) is 0 Å². The first kappa shape index (κ1) is 11.0. The molecular weight excluding hydrogens is 172 g/mol. The lowest BCUT2D eigenvalue weighted by Crippen LogP contribution is -1.78. The van der Waals surface area contributed by atoms with Crippen LogP contribution < -0.4 is 0 Å². The fourth-order valence-electron chi connectivity index (χ4n) is 0. The topological polar surface area (TPSA) is 88.5 Å². The number of hydrogen-bond donors (Lipinski definition) is 2. The van der Waals surface area contributed by atoms with Crippen molar-refractivity contribution in [3.05, 3.63) is 0 Å². The molecule has 0 aliphatic carbocycles. The highest BCUT2D eigenvalue weighted by molar-refractivity contribution is 8.61. The smallest absolute Gasteiger partial charge is 0.277 e. The first-order chi connectivity index (χ1) is 3.41. The van der Waals surface area contributed by atoms with E-state index in [1.165, 1.54) is 0 Å². The van der Waals surface area contributed by atoms with Gasteiger partial charge in [-0.25, -0.2) is 0 Å². The molecule has 0 spiro atoms. The molecular formula is H2O5S2Si. The van der Waals surface area contributed by atoms with Crippen molar-refractivity contribution in [2.24, 2.45) is 0 Å². The largest absolute Gasteiger partial charge is 0.549 e. The summed E-state index contributed by atoms with van der Waals surface area (Å²) in [4.78, 5) is 0. The second-order valence-corrected chi connectivity index (χ2v) is 2.98. The molecule has 0 rings (SSSR count). The van der Waals surface area contributed by atoms with Gasteiger partial charge < -0.3 is 0 Å². The highest BCUT2D eigenvalue weighted by Crippen LogP contribution is 1.81. The van der Waals surface area contributed by atoms with Crippen LogP contribution >= 0.6 is 11.7 Å². The van der Waals surface area contributed by atoms with Crippen LogP contribution in [0.5, 0.6) is 0 Å². The van der Waals surface area contributed by atoms with E-state index in [2.05, 4.69) is 11.7 Å². The Kier molecular flexibility index (Phi) is 7.14. The average Bonchev–Trinajstić information content (AvgIpc) is 1.27. The van der Waals surface area contributed by atoms with Crippen molar-refractivity contribution < 1.29 is 21.9 Å². The van der Waals surface area contributed by atoms with E-state index in [4.69, 9.17) is 21.9 Å². The van der Waals surface area contributed by atoms with Crippen LogP contribution in [0.1, 0.15) is 0 Å². The number of hydrogen-bond acceptors (Lipinski definition) is 4. The molecule has 0 aromatic rings. The Balaban J connectivity index is 0. The summed E-state index contributed by atoms with van der Waals surface area (Å²) < 4.78 is 42.3. The molecule has 0 radical (unpaired) electrons. The molecule has 0 fully saturated rings. The van der Waals surface area contributed by atoms with Gasteiger partial charge >= 0.3 is 18.4 Å². The second-order valence-electron chi connectivity index (χ2n) is 0.531. The van der Waals surface area contributed by atoms with Crippen LogP contribution in [0.3, 0.4) is 0 Å². The van der Waals surface area contributed by atoms with Gasteiger partial charge in [0.2, 0.25) is 0 Å². The zero-order valence-electron chi connectivity index (χ0n) is 3.44. The highest BCUT2D eigenvalue weighted by atomic mass is 33.1. The van der Waals surface area contributed by atoms with Gasteiger partial charge in [-0.15, -0.1) is 0 Å². The van der Waals surface area contributed by atoms with E-state index in [-0.39, 0.29) is 0 Å². The van der Waals surface area contributed by atoms with Gasteiger partial charge in [0.05, 0.1) is 0 Å². The molecule has 0 aliphatic rings. The molecule has 0 aliphatic heterocycles. The lowest BCUT2D eigenvalue weighted by molar-refractivity contribution is 0.497. The average molecular weight is 174 g/mol. The molecule has 48 valence electrons. The van der Waals surface area contributed by atoms with E-state index in [1.54, 1.807) is 0 Å². The standard InChI is InChI=1S/H2O3S2.O2Si/c1-5(2,3)4;1-3-2/h(H2,1,2,3,4);. The monoisotopic (exact) mass is 174 g/mol. The molecule has 0 aromatic carbocycles. The maximum absolute atomic E-state index is 9.05. The van der Waals surface area contributed by atoms with E-state index in [0.29, 0.717) is 0 Å². The summed E-state index contributed by atoms with van der Waals surface area (Å²) in [5, 5.41) is 0. The van der Waals surface area contributed by atoms with Gasteiger partial charge in [-0.05, 0) is 11.7 Å². The minimum Gasteiger partial charge on any atom is -0.277 e. The second kappa shape index (κ2) is 5.22. The van der Waals surface area contributed by atoms with Crippen LogP contribution in [0.4, 0.5) is 0 Å². The molecule has 0 unspecified atom stereocenters. The molecule has 0 amide bonds. The van der Waals surface area contributed by atoms with Crippen molar-refractivity contribution in [1.82, 2.24) is 0 Å². The van der Waals surface area contributed by atoms with Crippen LogP contribution in [0.2, 0.25) is 0 Å². The van der Waals surface area contributed by atoms with Crippen LogP contribution in [0.25, 0.3) is 0 Å². The van der Waals surface area contributed by atoms with Gasteiger partial charge in [0, 0.05) is 0 Å². The summed E-state index contributed by atoms with van der Waals surface area (Å²) in [6.07, 6.45) is 0. The Hall–Kier alpha value is 0.0769. The van der Waals surface area contributed by atoms with E-state index >= 15 is 0 Å². The van der Waals surface area contributed by atoms with E-state index in [9.17, 15) is 0 Å². The van der Waals surface area contributed by atoms with Crippen molar-refractivity contribution in [1.29, 1.82) is 0 Å². The third-order valence-electron chi connectivity index (χ3n) is 0. The Morgan fingerprint density at radius 3 is 1.38 bits per heavy atom. The van der Waals surface area contributed by atoms with Gasteiger partial charge in [-0.2, -0.15) is 8.42 Å². The molecule has 0 saturated carbocycles. The minimum absolute atomic E-state index is 1.42. The van der Waals surface area contributed by atoms with Crippen molar-refractivity contribution in [2.75, 3.05) is 0 Å². The Bertz CT molecular complexity index is 151. The maximum atomic E-state index is 9.05. The summed E-state index contributed by atoms with van der Waals surface area (Å²) in [6.45, 7) is 0. The summed E-state index contributed by atoms with van der Waals surface area (Å²) in [5.41, 5.74) is 0. The minimum atomic E-state index is -3.97. The van der Waals surface area contributed by atoms with Gasteiger partial charge in [-0.3, -0.25) is 13.5 Å². The van der Waals surface area contributed by atoms with Gasteiger partial charge in [-0.1, -0.05) is 0 Å². The Morgan fingerprint density at radius 2 is 1.38 bits per heavy atom. The summed E-state index contributed by atoms with van der Waals surface area (Å²) in [7, 11) is -5.39. The number of thiol groups is 1. The molecule has 1 N–H and O–H groups in total. The van der Waals surface area contributed by atoms with Crippen LogP contribution in [0, 0.1) is 0 Å². The fraction of sp³-hybridized carbons (Fsp3) is 0. The lowest BCUT2D eigenvalue weighted by Gasteiger charge is -1.67. The predicted molar refractivity (Wildman–Crippen MR) is 27.7 cm³/mol. The molecule has 0 aromatic heterocycles. The lowest BCUT2D eigenvalue weighted by atomic mass is 15.9. The van der Waals surface area contributed by atoms with Crippen molar-refractivity contribution >= 4 is 30.1 Å². The Labute approximate surface area is 52.6 Å². The number of rotatable bonds is 0. The van der Waals surface area contributed by atoms with Crippen molar-refractivity contribution in [2.45, 2.75) is 0 Å². The molecule has 0 bridgehead atoms. The molecule has 8 heavy (non-hydrogen) atoms. The summed E-state index contributed by atoms with van der Waals surface area (Å²) in [5.74, 6) is 0. The fourth-order valence-corrected chi connectivity index (χ4v) is 0. The zero-order valence-corrected chi connectivity index (χ0v) is 6.15. The first-order valence-electron chi connectivity index (χ1n) is 1.11. The Morgan fingerprint density at radius 1 is 1.38 bits per heavy atom. The van der Waals surface area contributed by atoms with Crippen molar-refractivity contribution in [3.63, 3.8) is 0 Å². The van der Waals surface area contributed by atoms with Gasteiger partial charge in [0.25, 0.3) is 0 Å². The van der Waals surface area contributed by atoms with E-state index in [1.807, 2.05) is 0 Å². The summed E-state index contributed by atoms with van der Waals surface area (Å²) >= 11 is 2.65. The molecule has 8 heteroatoms. The van der Waals surface area contributed by atoms with Crippen LogP contribution in [-0.2, 0) is 18.1 Å². The molecule has 0 saturated heterocycles. The summed E-state index contributed by atoms with van der Waals surface area (Å²) in [6, 6.07) is 0. The molecule has 5 nitrogen and oxygen atoms in total. The maximum Gasteiger partial charge on any atom is 0.549 e. The quantitative estimate of drug-likeness (QED) is 0.215. The third kappa shape index (κ3) is 26500. The van der Waals surface area contributed by atoms with E-state index < -0.39 is 18.4 Å². The zero-order chi connectivity index (χ0) is 7.21. The predicted octanol–water partition coefficient (Wildman–Crippen LogP) is -0.899. The van der Waals surface area contributed by atoms with Crippen LogP contribution in [-0.4, -0.2) is 22.3 Å². The van der Waals surface area contributed by atoms with Crippen LogP contribution in [0.15, 0.2) is 0 Å².